The van der Waals surface area contributed by atoms with Crippen LogP contribution < -0.4 is 19.2 Å². The average molecular weight is 533 g/mol. The molecule has 0 aliphatic carbocycles. The minimum absolute atomic E-state index is 0.211. The molecule has 0 unspecified atom stereocenters. The van der Waals surface area contributed by atoms with Crippen LogP contribution in [0.25, 0.3) is 0 Å². The first kappa shape index (κ1) is 21.3. The number of carbonyl (C=O) groups excluding carboxylic acids is 2. The van der Waals surface area contributed by atoms with E-state index in [1.807, 2.05) is 12.1 Å². The number of nitrogens with one attached hydrogen (secondary N) is 1. The number of aromatic nitrogens is 1. The van der Waals surface area contributed by atoms with Gasteiger partial charge in [-0.05, 0) is 42.0 Å². The zero-order valence-electron chi connectivity index (χ0n) is 17.0. The van der Waals surface area contributed by atoms with Crippen LogP contribution in [0.5, 0.6) is 11.5 Å². The van der Waals surface area contributed by atoms with Gasteiger partial charge in [-0.25, -0.2) is 4.90 Å². The van der Waals surface area contributed by atoms with Crippen LogP contribution in [0.1, 0.15) is 16.4 Å². The summed E-state index contributed by atoms with van der Waals surface area (Å²) >= 11 is 5.72. The van der Waals surface area contributed by atoms with Crippen LogP contribution in [0.3, 0.4) is 0 Å². The third kappa shape index (κ3) is 3.28. The quantitative estimate of drug-likeness (QED) is 0.510. The number of rotatable bonds is 4. The molecule has 2 aliphatic rings. The molecule has 0 saturated carbocycles. The van der Waals surface area contributed by atoms with Crippen molar-refractivity contribution in [3.8, 4) is 11.5 Å². The summed E-state index contributed by atoms with van der Waals surface area (Å²) in [5.41, 5.74) is 1.31. The Morgan fingerprint density at radius 1 is 0.969 bits per heavy atom. The molecule has 3 atom stereocenters. The number of thiazole rings is 1. The molecule has 0 spiro atoms. The number of benzene rings is 2. The van der Waals surface area contributed by atoms with E-state index in [1.54, 1.807) is 44.6 Å². The average Bonchev–Trinajstić information content (AvgIpc) is 3.28. The topological polar surface area (TPSA) is 88.7 Å². The Hall–Kier alpha value is -2.56. The predicted octanol–water partition coefficient (Wildman–Crippen LogP) is 4.01. The number of methoxy groups -OCH3 is 2. The van der Waals surface area contributed by atoms with Crippen LogP contribution >= 0.6 is 39.0 Å². The van der Waals surface area contributed by atoms with Gasteiger partial charge >= 0.3 is 4.87 Å². The zero-order chi connectivity index (χ0) is 22.6. The lowest BCUT2D eigenvalue weighted by molar-refractivity contribution is -0.122. The summed E-state index contributed by atoms with van der Waals surface area (Å²) in [6.07, 6.45) is 0. The summed E-state index contributed by atoms with van der Waals surface area (Å²) in [5.74, 6) is -0.585. The summed E-state index contributed by atoms with van der Waals surface area (Å²) in [6, 6.07) is 12.5. The number of fused-ring (bicyclic) bond motifs is 2. The van der Waals surface area contributed by atoms with Gasteiger partial charge in [-0.1, -0.05) is 45.1 Å². The summed E-state index contributed by atoms with van der Waals surface area (Å²) in [5, 5.41) is 0.00170. The predicted molar refractivity (Wildman–Crippen MR) is 126 cm³/mol. The van der Waals surface area contributed by atoms with Gasteiger partial charge in [0.25, 0.3) is 0 Å². The number of imide groups is 1. The van der Waals surface area contributed by atoms with E-state index >= 15 is 0 Å². The minimum Gasteiger partial charge on any atom is -0.493 e. The van der Waals surface area contributed by atoms with E-state index in [-0.39, 0.29) is 16.7 Å². The molecule has 164 valence electrons. The van der Waals surface area contributed by atoms with Crippen molar-refractivity contribution in [2.45, 2.75) is 16.2 Å². The lowest BCUT2D eigenvalue weighted by atomic mass is 9.83. The Morgan fingerprint density at radius 3 is 2.38 bits per heavy atom. The maximum atomic E-state index is 13.7. The molecule has 3 heterocycles. The molecule has 7 nitrogen and oxygen atoms in total. The third-order valence-electron chi connectivity index (χ3n) is 5.68. The van der Waals surface area contributed by atoms with Crippen molar-refractivity contribution in [1.29, 1.82) is 0 Å². The molecule has 1 saturated heterocycles. The standard InChI is InChI=1S/C22H17BrN2O5S2/c1-29-13-8-3-10(9-14(13)30-2)15-16-18(31-19-17(15)32-22(28)24-19)21(27)25(20(16)26)12-6-4-11(23)5-7-12/h3-9,15-16,18H,1-2H3,(H,24,28)/t15-,16+,18-/m0/s1. The molecule has 1 fully saturated rings. The number of aromatic amines is 1. The molecule has 0 bridgehead atoms. The van der Waals surface area contributed by atoms with E-state index in [0.29, 0.717) is 22.2 Å². The molecule has 5 rings (SSSR count). The van der Waals surface area contributed by atoms with Gasteiger partial charge in [0.05, 0.1) is 30.9 Å². The fourth-order valence-corrected chi connectivity index (χ4v) is 7.05. The molecule has 2 aliphatic heterocycles. The summed E-state index contributed by atoms with van der Waals surface area (Å²) in [4.78, 5) is 43.9. The van der Waals surface area contributed by atoms with Gasteiger partial charge in [-0.3, -0.25) is 14.4 Å². The zero-order valence-corrected chi connectivity index (χ0v) is 20.2. The van der Waals surface area contributed by atoms with Crippen molar-refractivity contribution in [3.05, 3.63) is 67.0 Å². The van der Waals surface area contributed by atoms with Gasteiger partial charge in [0.15, 0.2) is 11.5 Å². The second-order valence-corrected chi connectivity index (χ2v) is 10.4. The van der Waals surface area contributed by atoms with Crippen molar-refractivity contribution >= 4 is 56.5 Å². The normalized spacial score (nSPS) is 22.0. The van der Waals surface area contributed by atoms with E-state index in [1.165, 1.54) is 16.7 Å². The molecule has 10 heteroatoms. The lowest BCUT2D eigenvalue weighted by Crippen LogP contribution is -2.32. The van der Waals surface area contributed by atoms with Crippen LogP contribution in [-0.2, 0) is 9.59 Å². The highest BCUT2D eigenvalue weighted by molar-refractivity contribution is 9.10. The van der Waals surface area contributed by atoms with Crippen molar-refractivity contribution in [1.82, 2.24) is 4.98 Å². The first-order chi connectivity index (χ1) is 15.4. The number of hydrogen-bond acceptors (Lipinski definition) is 7. The first-order valence-corrected chi connectivity index (χ1v) is 12.2. The van der Waals surface area contributed by atoms with Gasteiger partial charge in [-0.15, -0.1) is 0 Å². The second-order valence-electron chi connectivity index (χ2n) is 7.35. The van der Waals surface area contributed by atoms with Crippen molar-refractivity contribution in [2.24, 2.45) is 5.92 Å². The van der Waals surface area contributed by atoms with Crippen molar-refractivity contribution < 1.29 is 19.1 Å². The van der Waals surface area contributed by atoms with Crippen LogP contribution in [0, 0.1) is 5.92 Å². The van der Waals surface area contributed by atoms with E-state index in [4.69, 9.17) is 9.47 Å². The van der Waals surface area contributed by atoms with Gasteiger partial charge in [0.2, 0.25) is 11.8 Å². The Morgan fingerprint density at radius 2 is 1.69 bits per heavy atom. The fourth-order valence-electron chi connectivity index (χ4n) is 4.27. The molecule has 0 radical (unpaired) electrons. The number of anilines is 1. The smallest absolute Gasteiger partial charge is 0.305 e. The van der Waals surface area contributed by atoms with Gasteiger partial charge in [0.1, 0.15) is 5.25 Å². The largest absolute Gasteiger partial charge is 0.493 e. The number of carbonyl (C=O) groups is 2. The van der Waals surface area contributed by atoms with E-state index < -0.39 is 17.1 Å². The van der Waals surface area contributed by atoms with Crippen molar-refractivity contribution in [3.63, 3.8) is 0 Å². The number of thioether (sulfide) groups is 1. The number of halogens is 1. The summed E-state index contributed by atoms with van der Waals surface area (Å²) in [7, 11) is 3.09. The minimum atomic E-state index is -0.645. The molecular formula is C22H17BrN2O5S2. The number of amides is 2. The Balaban J connectivity index is 1.65. The third-order valence-corrected chi connectivity index (χ3v) is 8.61. The molecule has 1 aromatic heterocycles. The van der Waals surface area contributed by atoms with Crippen molar-refractivity contribution in [2.75, 3.05) is 19.1 Å². The molecule has 2 amide bonds. The highest BCUT2D eigenvalue weighted by atomic mass is 79.9. The first-order valence-electron chi connectivity index (χ1n) is 9.68. The highest BCUT2D eigenvalue weighted by Gasteiger charge is 2.56. The molecule has 3 aromatic rings. The maximum Gasteiger partial charge on any atom is 0.305 e. The summed E-state index contributed by atoms with van der Waals surface area (Å²) < 4.78 is 11.7. The fraction of sp³-hybridized carbons (Fsp3) is 0.227. The number of hydrogen-bond donors (Lipinski definition) is 1. The van der Waals surface area contributed by atoms with E-state index in [2.05, 4.69) is 20.9 Å². The summed E-state index contributed by atoms with van der Waals surface area (Å²) in [6.45, 7) is 0. The number of ether oxygens (including phenoxy) is 2. The SMILES string of the molecule is COc1ccc([C@@H]2c3sc(=O)[nH]c3S[C@@H]3C(=O)N(c4ccc(Br)cc4)C(=O)[C@H]23)cc1OC. The number of nitrogens with zero attached hydrogens (tertiary/aromatic N) is 1. The van der Waals surface area contributed by atoms with Crippen LogP contribution in [0.4, 0.5) is 5.69 Å². The Bertz CT molecular complexity index is 1290. The Kier molecular flexibility index (Phi) is 5.39. The molecule has 2 aromatic carbocycles. The van der Waals surface area contributed by atoms with Gasteiger partial charge < -0.3 is 14.5 Å². The lowest BCUT2D eigenvalue weighted by Gasteiger charge is -2.30. The van der Waals surface area contributed by atoms with Crippen LogP contribution in [0.15, 0.2) is 56.8 Å². The van der Waals surface area contributed by atoms with Gasteiger partial charge in [0, 0.05) is 15.3 Å². The number of H-pyrrole nitrogens is 1. The van der Waals surface area contributed by atoms with Crippen LogP contribution in [-0.4, -0.2) is 36.3 Å². The Labute approximate surface area is 199 Å². The molecule has 32 heavy (non-hydrogen) atoms. The second kappa shape index (κ2) is 8.09. The maximum absolute atomic E-state index is 13.7. The van der Waals surface area contributed by atoms with E-state index in [0.717, 1.165) is 26.3 Å². The molecule has 1 N–H and O–H groups in total. The highest BCUT2D eigenvalue weighted by Crippen LogP contribution is 2.53. The van der Waals surface area contributed by atoms with Crippen LogP contribution in [0.2, 0.25) is 0 Å². The molecular weight excluding hydrogens is 516 g/mol. The van der Waals surface area contributed by atoms with E-state index in [9.17, 15) is 14.4 Å². The van der Waals surface area contributed by atoms with Gasteiger partial charge in [-0.2, -0.15) is 0 Å². The monoisotopic (exact) mass is 532 g/mol.